The summed E-state index contributed by atoms with van der Waals surface area (Å²) in [4.78, 5) is 17.7. The van der Waals surface area contributed by atoms with Gasteiger partial charge in [-0.1, -0.05) is 0 Å². The van der Waals surface area contributed by atoms with Crippen molar-refractivity contribution in [2.24, 2.45) is 0 Å². The molecule has 0 bridgehead atoms. The Morgan fingerprint density at radius 2 is 2.16 bits per heavy atom. The highest BCUT2D eigenvalue weighted by atomic mass is 79.9. The van der Waals surface area contributed by atoms with Crippen LogP contribution in [0.25, 0.3) is 0 Å². The molecule has 1 aromatic heterocycles. The Balaban J connectivity index is 1.60. The van der Waals surface area contributed by atoms with Crippen molar-refractivity contribution in [1.29, 1.82) is 0 Å². The number of halogens is 1. The smallest absolute Gasteiger partial charge is 0.264 e. The first-order chi connectivity index (χ1) is 9.24. The van der Waals surface area contributed by atoms with E-state index in [1.165, 1.54) is 11.3 Å². The van der Waals surface area contributed by atoms with Crippen LogP contribution in [-0.4, -0.2) is 61.0 Å². The molecule has 0 aromatic carbocycles. The van der Waals surface area contributed by atoms with E-state index in [0.717, 1.165) is 55.0 Å². The molecule has 2 aliphatic heterocycles. The predicted octanol–water partition coefficient (Wildman–Crippen LogP) is 1.63. The minimum atomic E-state index is 0.188. The van der Waals surface area contributed by atoms with Crippen LogP contribution in [0.2, 0.25) is 0 Å². The van der Waals surface area contributed by atoms with Crippen LogP contribution in [0.1, 0.15) is 16.1 Å². The number of nitrogens with zero attached hydrogens (tertiary/aromatic N) is 2. The molecule has 1 amide bonds. The molecule has 2 fully saturated rings. The van der Waals surface area contributed by atoms with Gasteiger partial charge in [-0.2, -0.15) is 0 Å². The van der Waals surface area contributed by atoms with Gasteiger partial charge in [-0.05, 0) is 28.4 Å². The van der Waals surface area contributed by atoms with Crippen molar-refractivity contribution < 1.29 is 4.79 Å². The molecule has 2 saturated heterocycles. The molecule has 1 atom stereocenters. The van der Waals surface area contributed by atoms with Gasteiger partial charge in [-0.3, -0.25) is 9.69 Å². The molecule has 3 rings (SSSR count). The lowest BCUT2D eigenvalue weighted by atomic mass is 10.2. The lowest BCUT2D eigenvalue weighted by Crippen LogP contribution is -2.49. The molecule has 1 aromatic rings. The molecule has 2 aliphatic rings. The van der Waals surface area contributed by atoms with Gasteiger partial charge in [0.1, 0.15) is 0 Å². The first kappa shape index (κ1) is 13.5. The van der Waals surface area contributed by atoms with Crippen molar-refractivity contribution in [3.63, 3.8) is 0 Å². The Labute approximate surface area is 125 Å². The van der Waals surface area contributed by atoms with Gasteiger partial charge in [-0.15, -0.1) is 11.3 Å². The highest BCUT2D eigenvalue weighted by Gasteiger charge is 2.31. The zero-order valence-electron chi connectivity index (χ0n) is 10.8. The van der Waals surface area contributed by atoms with E-state index in [1.54, 1.807) is 0 Å². The van der Waals surface area contributed by atoms with Crippen molar-refractivity contribution >= 4 is 33.2 Å². The van der Waals surface area contributed by atoms with E-state index in [1.807, 2.05) is 16.3 Å². The van der Waals surface area contributed by atoms with Gasteiger partial charge >= 0.3 is 0 Å². The molecule has 104 valence electrons. The molecule has 0 saturated carbocycles. The van der Waals surface area contributed by atoms with Gasteiger partial charge in [0.2, 0.25) is 0 Å². The fraction of sp³-hybridized carbons (Fsp3) is 0.615. The van der Waals surface area contributed by atoms with E-state index in [0.29, 0.717) is 6.04 Å². The standard InChI is InChI=1S/C13H18BrN3OS/c14-10-7-12(19-9-10)13(18)17-4-1-11(8-17)16-5-2-15-3-6-16/h7,9,11,15H,1-6,8H2. The minimum absolute atomic E-state index is 0.188. The van der Waals surface area contributed by atoms with E-state index in [4.69, 9.17) is 0 Å². The average molecular weight is 344 g/mol. The lowest BCUT2D eigenvalue weighted by Gasteiger charge is -2.32. The zero-order valence-corrected chi connectivity index (χ0v) is 13.2. The zero-order chi connectivity index (χ0) is 13.2. The molecule has 3 heterocycles. The Kier molecular flexibility index (Phi) is 4.21. The number of likely N-dealkylation sites (tertiary alicyclic amines) is 1. The van der Waals surface area contributed by atoms with Gasteiger partial charge in [0.05, 0.1) is 4.88 Å². The van der Waals surface area contributed by atoms with Crippen LogP contribution in [0, 0.1) is 0 Å². The maximum absolute atomic E-state index is 12.4. The van der Waals surface area contributed by atoms with E-state index in [-0.39, 0.29) is 5.91 Å². The molecule has 4 nitrogen and oxygen atoms in total. The number of rotatable bonds is 2. The Morgan fingerprint density at radius 3 is 2.84 bits per heavy atom. The molecular weight excluding hydrogens is 326 g/mol. The van der Waals surface area contributed by atoms with Gasteiger partial charge in [-0.25, -0.2) is 0 Å². The number of thiophene rings is 1. The normalized spacial score (nSPS) is 24.9. The second-order valence-electron chi connectivity index (χ2n) is 5.11. The second kappa shape index (κ2) is 5.91. The Morgan fingerprint density at radius 1 is 1.37 bits per heavy atom. The number of piperazine rings is 1. The quantitative estimate of drug-likeness (QED) is 0.886. The number of carbonyl (C=O) groups is 1. The van der Waals surface area contributed by atoms with Crippen molar-refractivity contribution in [3.8, 4) is 0 Å². The summed E-state index contributed by atoms with van der Waals surface area (Å²) in [6, 6.07) is 2.47. The predicted molar refractivity (Wildman–Crippen MR) is 80.8 cm³/mol. The van der Waals surface area contributed by atoms with E-state index in [2.05, 4.69) is 26.1 Å². The first-order valence-electron chi connectivity index (χ1n) is 6.72. The largest absolute Gasteiger partial charge is 0.336 e. The van der Waals surface area contributed by atoms with E-state index < -0.39 is 0 Å². The number of carbonyl (C=O) groups excluding carboxylic acids is 1. The van der Waals surface area contributed by atoms with Crippen LogP contribution in [0.3, 0.4) is 0 Å². The average Bonchev–Trinajstić information content (AvgIpc) is 3.08. The Hall–Kier alpha value is -0.430. The van der Waals surface area contributed by atoms with Crippen LogP contribution >= 0.6 is 27.3 Å². The molecule has 0 radical (unpaired) electrons. The topological polar surface area (TPSA) is 35.6 Å². The van der Waals surface area contributed by atoms with E-state index in [9.17, 15) is 4.79 Å². The van der Waals surface area contributed by atoms with Crippen molar-refractivity contribution in [2.75, 3.05) is 39.3 Å². The number of hydrogen-bond acceptors (Lipinski definition) is 4. The summed E-state index contributed by atoms with van der Waals surface area (Å²) < 4.78 is 0.999. The summed E-state index contributed by atoms with van der Waals surface area (Å²) in [6.45, 7) is 6.14. The molecule has 1 unspecified atom stereocenters. The monoisotopic (exact) mass is 343 g/mol. The molecule has 1 N–H and O–H groups in total. The SMILES string of the molecule is O=C(c1cc(Br)cs1)N1CCC(N2CCNCC2)C1. The van der Waals surface area contributed by atoms with Gasteiger partial charge in [0, 0.05) is 55.2 Å². The lowest BCUT2D eigenvalue weighted by molar-refractivity contribution is 0.0778. The third kappa shape index (κ3) is 3.02. The van der Waals surface area contributed by atoms with Crippen molar-refractivity contribution in [3.05, 3.63) is 20.8 Å². The molecule has 19 heavy (non-hydrogen) atoms. The fourth-order valence-corrected chi connectivity index (χ4v) is 4.25. The summed E-state index contributed by atoms with van der Waals surface area (Å²) in [6.07, 6.45) is 1.11. The van der Waals surface area contributed by atoms with Gasteiger partial charge in [0.25, 0.3) is 5.91 Å². The number of hydrogen-bond donors (Lipinski definition) is 1. The van der Waals surface area contributed by atoms with Crippen LogP contribution in [0.5, 0.6) is 0 Å². The van der Waals surface area contributed by atoms with Gasteiger partial charge < -0.3 is 10.2 Å². The third-order valence-corrected chi connectivity index (χ3v) is 5.58. The van der Waals surface area contributed by atoms with Crippen LogP contribution in [-0.2, 0) is 0 Å². The van der Waals surface area contributed by atoms with Crippen molar-refractivity contribution in [1.82, 2.24) is 15.1 Å². The summed E-state index contributed by atoms with van der Waals surface area (Å²) in [7, 11) is 0. The fourth-order valence-electron chi connectivity index (χ4n) is 2.85. The van der Waals surface area contributed by atoms with Crippen LogP contribution in [0.4, 0.5) is 0 Å². The van der Waals surface area contributed by atoms with Gasteiger partial charge in [0.15, 0.2) is 0 Å². The van der Waals surface area contributed by atoms with Crippen LogP contribution in [0.15, 0.2) is 15.9 Å². The second-order valence-corrected chi connectivity index (χ2v) is 6.94. The molecule has 0 spiro atoms. The highest BCUT2D eigenvalue weighted by Crippen LogP contribution is 2.24. The molecule has 6 heteroatoms. The highest BCUT2D eigenvalue weighted by molar-refractivity contribution is 9.10. The third-order valence-electron chi connectivity index (χ3n) is 3.90. The van der Waals surface area contributed by atoms with Crippen LogP contribution < -0.4 is 5.32 Å². The Bertz CT molecular complexity index is 458. The van der Waals surface area contributed by atoms with E-state index >= 15 is 0 Å². The summed E-state index contributed by atoms with van der Waals surface area (Å²) in [5.41, 5.74) is 0. The maximum Gasteiger partial charge on any atom is 0.264 e. The summed E-state index contributed by atoms with van der Waals surface area (Å²) in [5.74, 6) is 0.188. The number of amides is 1. The molecule has 0 aliphatic carbocycles. The maximum atomic E-state index is 12.4. The first-order valence-corrected chi connectivity index (χ1v) is 8.39. The number of nitrogens with one attached hydrogen (secondary N) is 1. The summed E-state index contributed by atoms with van der Waals surface area (Å²) in [5, 5.41) is 5.34. The minimum Gasteiger partial charge on any atom is -0.336 e. The molecular formula is C13H18BrN3OS. The van der Waals surface area contributed by atoms with Crippen molar-refractivity contribution in [2.45, 2.75) is 12.5 Å². The summed E-state index contributed by atoms with van der Waals surface area (Å²) >= 11 is 4.93.